The number of Topliss-reactive ketones (excluding diaryl/α,β-unsaturated/α-hetero) is 1. The molecule has 1 aliphatic carbocycles. The van der Waals surface area contributed by atoms with Gasteiger partial charge in [0.2, 0.25) is 0 Å². The summed E-state index contributed by atoms with van der Waals surface area (Å²) in [7, 11) is 0. The van der Waals surface area contributed by atoms with E-state index in [-0.39, 0.29) is 11.7 Å². The minimum Gasteiger partial charge on any atom is -0.303 e. The maximum Gasteiger partial charge on any atom is 0.168 e. The van der Waals surface area contributed by atoms with Crippen molar-refractivity contribution in [2.45, 2.75) is 19.8 Å². The molecule has 0 amide bonds. The number of hydrogen-bond acceptors (Lipinski definition) is 2. The van der Waals surface area contributed by atoms with Crippen LogP contribution >= 0.6 is 0 Å². The van der Waals surface area contributed by atoms with E-state index in [0.29, 0.717) is 6.42 Å². The van der Waals surface area contributed by atoms with Gasteiger partial charge in [0.15, 0.2) is 5.78 Å². The summed E-state index contributed by atoms with van der Waals surface area (Å²) < 4.78 is 0. The molecular formula is C8H10O2. The number of ketones is 1. The topological polar surface area (TPSA) is 34.1 Å². The van der Waals surface area contributed by atoms with E-state index in [2.05, 4.69) is 0 Å². The zero-order valence-electron chi connectivity index (χ0n) is 5.96. The lowest BCUT2D eigenvalue weighted by Crippen LogP contribution is -2.19. The lowest BCUT2D eigenvalue weighted by Gasteiger charge is -2.12. The lowest BCUT2D eigenvalue weighted by atomic mass is 9.89. The van der Waals surface area contributed by atoms with E-state index in [4.69, 9.17) is 0 Å². The molecule has 0 aromatic heterocycles. The number of aldehydes is 1. The van der Waals surface area contributed by atoms with Crippen molar-refractivity contribution < 1.29 is 9.59 Å². The first-order valence-electron chi connectivity index (χ1n) is 3.42. The van der Waals surface area contributed by atoms with Crippen molar-refractivity contribution in [2.24, 2.45) is 5.92 Å². The molecule has 0 fully saturated rings. The third kappa shape index (κ3) is 1.15. The van der Waals surface area contributed by atoms with E-state index in [1.807, 2.05) is 6.08 Å². The van der Waals surface area contributed by atoms with Gasteiger partial charge in [-0.15, -0.1) is 0 Å². The molecule has 1 aliphatic rings. The largest absolute Gasteiger partial charge is 0.303 e. The average Bonchev–Trinajstić information content (AvgIpc) is 1.95. The van der Waals surface area contributed by atoms with Crippen LogP contribution in [0.15, 0.2) is 11.6 Å². The summed E-state index contributed by atoms with van der Waals surface area (Å²) in [6.07, 6.45) is 4.20. The summed E-state index contributed by atoms with van der Waals surface area (Å²) >= 11 is 0. The van der Waals surface area contributed by atoms with Gasteiger partial charge < -0.3 is 4.79 Å². The van der Waals surface area contributed by atoms with Crippen LogP contribution in [0.1, 0.15) is 19.8 Å². The molecule has 0 aromatic rings. The quantitative estimate of drug-likeness (QED) is 0.402. The Labute approximate surface area is 59.9 Å². The zero-order chi connectivity index (χ0) is 7.56. The molecule has 1 rings (SSSR count). The van der Waals surface area contributed by atoms with E-state index in [0.717, 1.165) is 18.3 Å². The summed E-state index contributed by atoms with van der Waals surface area (Å²) in [6.45, 7) is 1.76. The first-order chi connectivity index (χ1) is 4.75. The highest BCUT2D eigenvalue weighted by molar-refractivity contribution is 6.04. The van der Waals surface area contributed by atoms with E-state index >= 15 is 0 Å². The molecule has 0 heterocycles. The fourth-order valence-electron chi connectivity index (χ4n) is 1.13. The van der Waals surface area contributed by atoms with Gasteiger partial charge in [0.05, 0.1) is 5.92 Å². The second kappa shape index (κ2) is 2.78. The molecule has 0 N–H and O–H groups in total. The summed E-state index contributed by atoms with van der Waals surface area (Å²) in [5.41, 5.74) is 0.739. The van der Waals surface area contributed by atoms with Crippen molar-refractivity contribution in [3.05, 3.63) is 11.6 Å². The third-order valence-corrected chi connectivity index (χ3v) is 1.82. The Kier molecular flexibility index (Phi) is 2.00. The minimum atomic E-state index is -0.356. The Bertz CT molecular complexity index is 191. The van der Waals surface area contributed by atoms with Crippen molar-refractivity contribution in [1.82, 2.24) is 0 Å². The molecule has 0 radical (unpaired) electrons. The van der Waals surface area contributed by atoms with Crippen molar-refractivity contribution in [1.29, 1.82) is 0 Å². The lowest BCUT2D eigenvalue weighted by molar-refractivity contribution is -0.125. The SMILES string of the molecule is CC1=CCCC(C=O)C1=O. The summed E-state index contributed by atoms with van der Waals surface area (Å²) in [5, 5.41) is 0. The molecule has 10 heavy (non-hydrogen) atoms. The monoisotopic (exact) mass is 138 g/mol. The maximum atomic E-state index is 11.1. The van der Waals surface area contributed by atoms with Crippen LogP contribution in [-0.2, 0) is 9.59 Å². The predicted octanol–water partition coefficient (Wildman–Crippen LogP) is 1.11. The van der Waals surface area contributed by atoms with Crippen LogP contribution in [0.5, 0.6) is 0 Å². The molecule has 1 atom stereocenters. The molecule has 1 unspecified atom stereocenters. The second-order valence-electron chi connectivity index (χ2n) is 2.57. The van der Waals surface area contributed by atoms with Crippen LogP contribution in [0.3, 0.4) is 0 Å². The molecular weight excluding hydrogens is 128 g/mol. The van der Waals surface area contributed by atoms with E-state index < -0.39 is 0 Å². The van der Waals surface area contributed by atoms with Gasteiger partial charge in [0.1, 0.15) is 6.29 Å². The molecule has 2 nitrogen and oxygen atoms in total. The molecule has 2 heteroatoms. The minimum absolute atomic E-state index is 0.00116. The van der Waals surface area contributed by atoms with Gasteiger partial charge in [-0.25, -0.2) is 0 Å². The number of hydrogen-bond donors (Lipinski definition) is 0. The number of rotatable bonds is 1. The number of carbonyl (C=O) groups excluding carboxylic acids is 2. The van der Waals surface area contributed by atoms with Gasteiger partial charge in [-0.05, 0) is 25.3 Å². The Morgan fingerprint density at radius 2 is 2.40 bits per heavy atom. The van der Waals surface area contributed by atoms with Gasteiger partial charge in [0.25, 0.3) is 0 Å². The summed E-state index contributed by atoms with van der Waals surface area (Å²) in [6, 6.07) is 0. The highest BCUT2D eigenvalue weighted by atomic mass is 16.1. The van der Waals surface area contributed by atoms with Gasteiger partial charge >= 0.3 is 0 Å². The highest BCUT2D eigenvalue weighted by Crippen LogP contribution is 2.17. The van der Waals surface area contributed by atoms with Crippen LogP contribution < -0.4 is 0 Å². The van der Waals surface area contributed by atoms with Crippen LogP contribution in [0.25, 0.3) is 0 Å². The third-order valence-electron chi connectivity index (χ3n) is 1.82. The number of allylic oxidation sites excluding steroid dienone is 2. The van der Waals surface area contributed by atoms with Crippen molar-refractivity contribution in [3.8, 4) is 0 Å². The standard InChI is InChI=1S/C8H10O2/c1-6-3-2-4-7(5-9)8(6)10/h3,5,7H,2,4H2,1H3. The smallest absolute Gasteiger partial charge is 0.168 e. The fraction of sp³-hybridized carbons (Fsp3) is 0.500. The van der Waals surface area contributed by atoms with E-state index in [9.17, 15) is 9.59 Å². The Morgan fingerprint density at radius 3 is 2.90 bits per heavy atom. The van der Waals surface area contributed by atoms with Gasteiger partial charge in [0, 0.05) is 0 Å². The first kappa shape index (κ1) is 7.19. The Balaban J connectivity index is 2.77. The van der Waals surface area contributed by atoms with Crippen LogP contribution in [-0.4, -0.2) is 12.1 Å². The highest BCUT2D eigenvalue weighted by Gasteiger charge is 2.21. The molecule has 54 valence electrons. The average molecular weight is 138 g/mol. The van der Waals surface area contributed by atoms with Gasteiger partial charge in [-0.2, -0.15) is 0 Å². The van der Waals surface area contributed by atoms with E-state index in [1.165, 1.54) is 0 Å². The Morgan fingerprint density at radius 1 is 1.70 bits per heavy atom. The molecule has 0 aromatic carbocycles. The van der Waals surface area contributed by atoms with Gasteiger partial charge in [-0.3, -0.25) is 4.79 Å². The van der Waals surface area contributed by atoms with Crippen LogP contribution in [0.2, 0.25) is 0 Å². The molecule has 0 bridgehead atoms. The summed E-state index contributed by atoms with van der Waals surface area (Å²) in [4.78, 5) is 21.3. The maximum absolute atomic E-state index is 11.1. The second-order valence-corrected chi connectivity index (χ2v) is 2.57. The van der Waals surface area contributed by atoms with Gasteiger partial charge in [-0.1, -0.05) is 6.08 Å². The summed E-state index contributed by atoms with van der Waals surface area (Å²) in [5.74, 6) is -0.355. The molecule has 0 saturated heterocycles. The van der Waals surface area contributed by atoms with Crippen LogP contribution in [0.4, 0.5) is 0 Å². The first-order valence-corrected chi connectivity index (χ1v) is 3.42. The number of carbonyl (C=O) groups is 2. The normalized spacial score (nSPS) is 25.9. The molecule has 0 saturated carbocycles. The van der Waals surface area contributed by atoms with Crippen LogP contribution in [0, 0.1) is 5.92 Å². The van der Waals surface area contributed by atoms with Crippen molar-refractivity contribution >= 4 is 12.1 Å². The van der Waals surface area contributed by atoms with Crippen molar-refractivity contribution in [2.75, 3.05) is 0 Å². The molecule has 0 aliphatic heterocycles. The predicted molar refractivity (Wildman–Crippen MR) is 37.6 cm³/mol. The Hall–Kier alpha value is -0.920. The fourth-order valence-corrected chi connectivity index (χ4v) is 1.13. The van der Waals surface area contributed by atoms with Crippen molar-refractivity contribution in [3.63, 3.8) is 0 Å². The zero-order valence-corrected chi connectivity index (χ0v) is 5.96. The molecule has 0 spiro atoms. The van der Waals surface area contributed by atoms with E-state index in [1.54, 1.807) is 6.92 Å².